The molecule has 4 rings (SSSR count). The highest BCUT2D eigenvalue weighted by Crippen LogP contribution is 2.41. The summed E-state index contributed by atoms with van der Waals surface area (Å²) in [5, 5.41) is 20.1. The fraction of sp³-hybridized carbons (Fsp3) is 0.263. The highest BCUT2D eigenvalue weighted by molar-refractivity contribution is 6.10. The van der Waals surface area contributed by atoms with Crippen molar-refractivity contribution >= 4 is 17.4 Å². The lowest BCUT2D eigenvalue weighted by molar-refractivity contribution is 0.0976. The van der Waals surface area contributed by atoms with Gasteiger partial charge in [0.15, 0.2) is 0 Å². The third-order valence-corrected chi connectivity index (χ3v) is 4.55. The normalized spacial score (nSPS) is 12.6. The third kappa shape index (κ3) is 3.27. The lowest BCUT2D eigenvalue weighted by Gasteiger charge is -2.09. The molecule has 28 heavy (non-hydrogen) atoms. The minimum absolute atomic E-state index is 0.0400. The monoisotopic (exact) mass is 380 g/mol. The Labute approximate surface area is 161 Å². The number of amides is 1. The molecule has 0 bridgehead atoms. The number of nitrogens with zero attached hydrogens (tertiary/aromatic N) is 5. The summed E-state index contributed by atoms with van der Waals surface area (Å²) >= 11 is 0. The van der Waals surface area contributed by atoms with E-state index >= 15 is 0 Å². The smallest absolute Gasteiger partial charge is 0.259 e. The summed E-state index contributed by atoms with van der Waals surface area (Å²) in [5.41, 5.74) is 3.99. The van der Waals surface area contributed by atoms with Gasteiger partial charge in [-0.2, -0.15) is 10.2 Å². The number of amidine groups is 1. The van der Waals surface area contributed by atoms with Gasteiger partial charge in [0.25, 0.3) is 5.91 Å². The number of aliphatic hydroxyl groups is 1. The standard InChI is InChI=1S/C19H20N6O3/c1-24-10-12(8-20-24)14-3-4-16(28-2)15-7-17(22-18(14)15)23-19(27)13-9-21-25(11-13)5-6-26/h3-4,8-11,26H,5-7H2,1-2H3,(H,22,23,27). The van der Waals surface area contributed by atoms with E-state index in [1.165, 1.54) is 10.9 Å². The van der Waals surface area contributed by atoms with Crippen LogP contribution in [0.25, 0.3) is 11.1 Å². The molecular weight excluding hydrogens is 360 g/mol. The van der Waals surface area contributed by atoms with Crippen LogP contribution in [-0.2, 0) is 20.0 Å². The van der Waals surface area contributed by atoms with Crippen molar-refractivity contribution in [3.63, 3.8) is 0 Å². The lowest BCUT2D eigenvalue weighted by atomic mass is 10.0. The number of fused-ring (bicyclic) bond motifs is 1. The average Bonchev–Trinajstić information content (AvgIpc) is 3.40. The molecule has 9 nitrogen and oxygen atoms in total. The van der Waals surface area contributed by atoms with E-state index in [1.54, 1.807) is 24.2 Å². The molecule has 0 aliphatic carbocycles. The van der Waals surface area contributed by atoms with Crippen molar-refractivity contribution in [2.75, 3.05) is 13.7 Å². The fourth-order valence-corrected chi connectivity index (χ4v) is 3.22. The molecule has 3 heterocycles. The largest absolute Gasteiger partial charge is 0.496 e. The molecule has 144 valence electrons. The second-order valence-electron chi connectivity index (χ2n) is 6.45. The Balaban J connectivity index is 1.61. The molecule has 0 saturated carbocycles. The van der Waals surface area contributed by atoms with Gasteiger partial charge in [0.2, 0.25) is 0 Å². The van der Waals surface area contributed by atoms with E-state index in [2.05, 4.69) is 20.5 Å². The Morgan fingerprint density at radius 2 is 2.14 bits per heavy atom. The number of methoxy groups -OCH3 is 1. The van der Waals surface area contributed by atoms with Gasteiger partial charge < -0.3 is 15.2 Å². The van der Waals surface area contributed by atoms with E-state index in [9.17, 15) is 4.79 Å². The van der Waals surface area contributed by atoms with Crippen molar-refractivity contribution in [1.29, 1.82) is 0 Å². The van der Waals surface area contributed by atoms with Gasteiger partial charge >= 0.3 is 0 Å². The summed E-state index contributed by atoms with van der Waals surface area (Å²) in [6, 6.07) is 3.85. The molecule has 0 unspecified atom stereocenters. The van der Waals surface area contributed by atoms with Gasteiger partial charge in [0.05, 0.1) is 43.9 Å². The molecule has 2 N–H and O–H groups in total. The van der Waals surface area contributed by atoms with Crippen LogP contribution in [0.2, 0.25) is 0 Å². The minimum Gasteiger partial charge on any atom is -0.496 e. The van der Waals surface area contributed by atoms with Crippen molar-refractivity contribution < 1.29 is 14.6 Å². The number of hydrogen-bond donors (Lipinski definition) is 2. The van der Waals surface area contributed by atoms with E-state index in [-0.39, 0.29) is 12.5 Å². The molecule has 1 aliphatic heterocycles. The van der Waals surface area contributed by atoms with Gasteiger partial charge in [-0.3, -0.25) is 14.2 Å². The Kier molecular flexibility index (Phi) is 4.66. The minimum atomic E-state index is -0.294. The van der Waals surface area contributed by atoms with Crippen molar-refractivity contribution in [1.82, 2.24) is 24.9 Å². The molecule has 1 aromatic carbocycles. The number of aliphatic imine (C=N–C) groups is 1. The van der Waals surface area contributed by atoms with Crippen molar-refractivity contribution in [3.8, 4) is 16.9 Å². The van der Waals surface area contributed by atoms with Gasteiger partial charge in [0, 0.05) is 42.6 Å². The first-order valence-electron chi connectivity index (χ1n) is 8.80. The summed E-state index contributed by atoms with van der Waals surface area (Å²) < 4.78 is 8.73. The van der Waals surface area contributed by atoms with Crippen LogP contribution in [0.15, 0.2) is 41.9 Å². The Morgan fingerprint density at radius 3 is 2.86 bits per heavy atom. The van der Waals surface area contributed by atoms with Crippen molar-refractivity contribution in [2.24, 2.45) is 12.0 Å². The summed E-state index contributed by atoms with van der Waals surface area (Å²) in [6.45, 7) is 0.299. The maximum atomic E-state index is 12.5. The van der Waals surface area contributed by atoms with Crippen LogP contribution in [0.5, 0.6) is 5.75 Å². The van der Waals surface area contributed by atoms with Crippen LogP contribution < -0.4 is 10.1 Å². The van der Waals surface area contributed by atoms with Gasteiger partial charge in [-0.1, -0.05) is 0 Å². The molecule has 2 aromatic heterocycles. The molecule has 3 aromatic rings. The third-order valence-electron chi connectivity index (χ3n) is 4.55. The maximum absolute atomic E-state index is 12.5. The van der Waals surface area contributed by atoms with Gasteiger partial charge in [-0.05, 0) is 12.1 Å². The van der Waals surface area contributed by atoms with E-state index in [0.29, 0.717) is 24.4 Å². The van der Waals surface area contributed by atoms with Crippen molar-refractivity contribution in [2.45, 2.75) is 13.0 Å². The second kappa shape index (κ2) is 7.28. The molecular formula is C19H20N6O3. The molecule has 0 spiro atoms. The second-order valence-corrected chi connectivity index (χ2v) is 6.45. The Morgan fingerprint density at radius 1 is 1.29 bits per heavy atom. The number of aryl methyl sites for hydroxylation is 1. The van der Waals surface area contributed by atoms with E-state index < -0.39 is 0 Å². The number of nitrogens with one attached hydrogen (secondary N) is 1. The highest BCUT2D eigenvalue weighted by atomic mass is 16.5. The van der Waals surface area contributed by atoms with Crippen LogP contribution in [0.3, 0.4) is 0 Å². The topological polar surface area (TPSA) is 107 Å². The number of carbonyl (C=O) groups is 1. The van der Waals surface area contributed by atoms with E-state index in [4.69, 9.17) is 9.84 Å². The summed E-state index contributed by atoms with van der Waals surface area (Å²) in [4.78, 5) is 17.2. The molecule has 0 radical (unpaired) electrons. The zero-order valence-corrected chi connectivity index (χ0v) is 15.6. The van der Waals surface area contributed by atoms with Crippen LogP contribution in [0.4, 0.5) is 5.69 Å². The molecule has 0 fully saturated rings. The number of aliphatic hydroxyl groups excluding tert-OH is 1. The number of rotatable bonds is 5. The van der Waals surface area contributed by atoms with Gasteiger partial charge in [-0.15, -0.1) is 0 Å². The first-order valence-corrected chi connectivity index (χ1v) is 8.80. The Hall–Kier alpha value is -3.46. The Bertz CT molecular complexity index is 1070. The van der Waals surface area contributed by atoms with Crippen molar-refractivity contribution in [3.05, 3.63) is 48.0 Å². The fourth-order valence-electron chi connectivity index (χ4n) is 3.22. The van der Waals surface area contributed by atoms with E-state index in [0.717, 1.165) is 28.1 Å². The predicted molar refractivity (Wildman–Crippen MR) is 103 cm³/mol. The summed E-state index contributed by atoms with van der Waals surface area (Å²) in [5.74, 6) is 0.980. The first-order chi connectivity index (χ1) is 13.6. The SMILES string of the molecule is COc1ccc(-c2cnn(C)c2)c2c1CC(NC(=O)c1cnn(CCO)c1)=N2. The first kappa shape index (κ1) is 17.9. The van der Waals surface area contributed by atoms with Crippen LogP contribution in [0.1, 0.15) is 15.9 Å². The average molecular weight is 380 g/mol. The zero-order chi connectivity index (χ0) is 19.7. The molecule has 1 aliphatic rings. The van der Waals surface area contributed by atoms with Gasteiger partial charge in [-0.25, -0.2) is 4.99 Å². The number of benzene rings is 1. The quantitative estimate of drug-likeness (QED) is 0.694. The number of hydrogen-bond acceptors (Lipinski definition) is 6. The molecule has 9 heteroatoms. The number of ether oxygens (including phenoxy) is 1. The maximum Gasteiger partial charge on any atom is 0.259 e. The highest BCUT2D eigenvalue weighted by Gasteiger charge is 2.24. The van der Waals surface area contributed by atoms with Crippen LogP contribution in [-0.4, -0.2) is 50.1 Å². The van der Waals surface area contributed by atoms with Crippen LogP contribution in [0, 0.1) is 0 Å². The van der Waals surface area contributed by atoms with Gasteiger partial charge in [0.1, 0.15) is 11.6 Å². The summed E-state index contributed by atoms with van der Waals surface area (Å²) in [7, 11) is 3.48. The lowest BCUT2D eigenvalue weighted by Crippen LogP contribution is -2.30. The molecule has 1 amide bonds. The molecule has 0 atom stereocenters. The molecule has 0 saturated heterocycles. The zero-order valence-electron chi connectivity index (χ0n) is 15.6. The number of carbonyl (C=O) groups excluding carboxylic acids is 1. The van der Waals surface area contributed by atoms with Crippen LogP contribution >= 0.6 is 0 Å². The summed E-state index contributed by atoms with van der Waals surface area (Å²) in [6.07, 6.45) is 7.22. The van der Waals surface area contributed by atoms with E-state index in [1.807, 2.05) is 25.4 Å². The number of aromatic nitrogens is 4. The predicted octanol–water partition coefficient (Wildman–Crippen LogP) is 1.30.